The van der Waals surface area contributed by atoms with Crippen LogP contribution in [0.1, 0.15) is 12.7 Å². The van der Waals surface area contributed by atoms with E-state index in [0.717, 1.165) is 11.0 Å². The number of aromatic nitrogens is 2. The number of imidazole rings is 1. The minimum Gasteiger partial charge on any atom is -0.399 e. The van der Waals surface area contributed by atoms with Gasteiger partial charge >= 0.3 is 0 Å². The maximum Gasteiger partial charge on any atom is 0.135 e. The number of fused-ring (bicyclic) bond motifs is 1. The summed E-state index contributed by atoms with van der Waals surface area (Å²) in [4.78, 5) is 4.35. The van der Waals surface area contributed by atoms with Crippen molar-refractivity contribution in [2.75, 3.05) is 18.9 Å². The lowest BCUT2D eigenvalue weighted by Crippen LogP contribution is -2.09. The van der Waals surface area contributed by atoms with E-state index in [0.29, 0.717) is 31.3 Å². The minimum atomic E-state index is -0.0826. The van der Waals surface area contributed by atoms with Gasteiger partial charge in [-0.25, -0.2) is 4.98 Å². The lowest BCUT2D eigenvalue weighted by atomic mass is 10.3. The van der Waals surface area contributed by atoms with E-state index in [9.17, 15) is 5.11 Å². The molecule has 0 aliphatic carbocycles. The van der Waals surface area contributed by atoms with Gasteiger partial charge in [0.2, 0.25) is 0 Å². The molecule has 0 saturated carbocycles. The standard InChI is InChI=1S/C12H17N3O2/c1-2-17-6-5-15-11-4-3-9(13)7-10(11)14-12(15)8-16/h3-4,7,16H,2,5-6,8,13H2,1H3. The van der Waals surface area contributed by atoms with Gasteiger partial charge in [-0.2, -0.15) is 0 Å². The van der Waals surface area contributed by atoms with E-state index in [1.54, 1.807) is 0 Å². The predicted octanol–water partition coefficient (Wildman–Crippen LogP) is 1.15. The normalized spacial score (nSPS) is 11.2. The summed E-state index contributed by atoms with van der Waals surface area (Å²) in [5, 5.41) is 9.29. The Balaban J connectivity index is 2.36. The average Bonchev–Trinajstić information content (AvgIpc) is 2.67. The number of hydrogen-bond acceptors (Lipinski definition) is 4. The summed E-state index contributed by atoms with van der Waals surface area (Å²) >= 11 is 0. The number of aliphatic hydroxyl groups is 1. The Bertz CT molecular complexity index is 508. The van der Waals surface area contributed by atoms with Crippen molar-refractivity contribution < 1.29 is 9.84 Å². The summed E-state index contributed by atoms with van der Waals surface area (Å²) in [5.41, 5.74) is 8.17. The number of nitrogens with zero attached hydrogens (tertiary/aromatic N) is 2. The Morgan fingerprint density at radius 1 is 1.47 bits per heavy atom. The molecule has 3 N–H and O–H groups in total. The Labute approximate surface area is 99.8 Å². The van der Waals surface area contributed by atoms with Gasteiger partial charge in [0.1, 0.15) is 12.4 Å². The van der Waals surface area contributed by atoms with Crippen molar-refractivity contribution in [1.82, 2.24) is 9.55 Å². The summed E-state index contributed by atoms with van der Waals surface area (Å²) in [7, 11) is 0. The van der Waals surface area contributed by atoms with Crippen molar-refractivity contribution in [2.45, 2.75) is 20.1 Å². The Hall–Kier alpha value is -1.59. The molecule has 2 aromatic rings. The predicted molar refractivity (Wildman–Crippen MR) is 66.6 cm³/mol. The Kier molecular flexibility index (Phi) is 3.61. The fourth-order valence-electron chi connectivity index (χ4n) is 1.87. The van der Waals surface area contributed by atoms with Gasteiger partial charge < -0.3 is 20.1 Å². The zero-order valence-electron chi connectivity index (χ0n) is 9.89. The lowest BCUT2D eigenvalue weighted by molar-refractivity contribution is 0.137. The summed E-state index contributed by atoms with van der Waals surface area (Å²) in [6.07, 6.45) is 0. The quantitative estimate of drug-likeness (QED) is 0.602. The van der Waals surface area contributed by atoms with Gasteiger partial charge in [-0.05, 0) is 25.1 Å². The van der Waals surface area contributed by atoms with E-state index in [1.165, 1.54) is 0 Å². The van der Waals surface area contributed by atoms with E-state index < -0.39 is 0 Å². The minimum absolute atomic E-state index is 0.0826. The van der Waals surface area contributed by atoms with Crippen molar-refractivity contribution in [1.29, 1.82) is 0 Å². The third-order valence-electron chi connectivity index (χ3n) is 2.66. The van der Waals surface area contributed by atoms with Crippen LogP contribution in [0.5, 0.6) is 0 Å². The first-order chi connectivity index (χ1) is 8.26. The van der Waals surface area contributed by atoms with Crippen LogP contribution in [0.2, 0.25) is 0 Å². The number of nitrogen functional groups attached to an aromatic ring is 1. The highest BCUT2D eigenvalue weighted by Crippen LogP contribution is 2.19. The molecule has 1 aromatic carbocycles. The molecule has 5 heteroatoms. The molecule has 1 heterocycles. The van der Waals surface area contributed by atoms with Crippen molar-refractivity contribution in [3.05, 3.63) is 24.0 Å². The highest BCUT2D eigenvalue weighted by Gasteiger charge is 2.09. The third kappa shape index (κ3) is 2.40. The lowest BCUT2D eigenvalue weighted by Gasteiger charge is -2.07. The second-order valence-corrected chi connectivity index (χ2v) is 3.78. The smallest absolute Gasteiger partial charge is 0.135 e. The Morgan fingerprint density at radius 2 is 2.29 bits per heavy atom. The van der Waals surface area contributed by atoms with E-state index in [1.807, 2.05) is 29.7 Å². The first-order valence-electron chi connectivity index (χ1n) is 5.69. The van der Waals surface area contributed by atoms with Gasteiger partial charge in [0.25, 0.3) is 0 Å². The van der Waals surface area contributed by atoms with Crippen LogP contribution in [-0.2, 0) is 17.9 Å². The number of anilines is 1. The molecule has 0 bridgehead atoms. The molecule has 2 rings (SSSR count). The van der Waals surface area contributed by atoms with Crippen LogP contribution < -0.4 is 5.73 Å². The largest absolute Gasteiger partial charge is 0.399 e. The molecule has 17 heavy (non-hydrogen) atoms. The second-order valence-electron chi connectivity index (χ2n) is 3.78. The van der Waals surface area contributed by atoms with Crippen molar-refractivity contribution in [2.24, 2.45) is 0 Å². The molecule has 92 valence electrons. The number of hydrogen-bond donors (Lipinski definition) is 2. The highest BCUT2D eigenvalue weighted by atomic mass is 16.5. The number of benzene rings is 1. The first-order valence-corrected chi connectivity index (χ1v) is 5.69. The van der Waals surface area contributed by atoms with Crippen molar-refractivity contribution >= 4 is 16.7 Å². The monoisotopic (exact) mass is 235 g/mol. The van der Waals surface area contributed by atoms with Gasteiger partial charge in [0.15, 0.2) is 0 Å². The molecule has 0 unspecified atom stereocenters. The number of ether oxygens (including phenoxy) is 1. The Morgan fingerprint density at radius 3 is 3.00 bits per heavy atom. The maximum atomic E-state index is 9.29. The van der Waals surface area contributed by atoms with Gasteiger partial charge in [-0.15, -0.1) is 0 Å². The van der Waals surface area contributed by atoms with Gasteiger partial charge in [-0.3, -0.25) is 0 Å². The van der Waals surface area contributed by atoms with Crippen molar-refractivity contribution in [3.63, 3.8) is 0 Å². The van der Waals surface area contributed by atoms with Crippen LogP contribution in [0.25, 0.3) is 11.0 Å². The molecule has 5 nitrogen and oxygen atoms in total. The fourth-order valence-corrected chi connectivity index (χ4v) is 1.87. The van der Waals surface area contributed by atoms with Crippen LogP contribution >= 0.6 is 0 Å². The zero-order chi connectivity index (χ0) is 12.3. The van der Waals surface area contributed by atoms with Gasteiger partial charge in [0.05, 0.1) is 17.6 Å². The van der Waals surface area contributed by atoms with Gasteiger partial charge in [0, 0.05) is 18.8 Å². The molecule has 0 aliphatic rings. The van der Waals surface area contributed by atoms with Gasteiger partial charge in [-0.1, -0.05) is 0 Å². The fraction of sp³-hybridized carbons (Fsp3) is 0.417. The summed E-state index contributed by atoms with van der Waals surface area (Å²) in [5.74, 6) is 0.644. The van der Waals surface area contributed by atoms with E-state index in [-0.39, 0.29) is 6.61 Å². The van der Waals surface area contributed by atoms with E-state index >= 15 is 0 Å². The van der Waals surface area contributed by atoms with Crippen LogP contribution in [0.15, 0.2) is 18.2 Å². The highest BCUT2D eigenvalue weighted by molar-refractivity contribution is 5.79. The SMILES string of the molecule is CCOCCn1c(CO)nc2cc(N)ccc21. The number of rotatable bonds is 5. The molecule has 0 fully saturated rings. The van der Waals surface area contributed by atoms with Crippen LogP contribution in [0, 0.1) is 0 Å². The summed E-state index contributed by atoms with van der Waals surface area (Å²) in [6, 6.07) is 5.57. The maximum absolute atomic E-state index is 9.29. The van der Waals surface area contributed by atoms with E-state index in [2.05, 4.69) is 4.98 Å². The average molecular weight is 235 g/mol. The van der Waals surface area contributed by atoms with E-state index in [4.69, 9.17) is 10.5 Å². The first kappa shape index (κ1) is 11.9. The van der Waals surface area contributed by atoms with Crippen molar-refractivity contribution in [3.8, 4) is 0 Å². The molecule has 1 aromatic heterocycles. The topological polar surface area (TPSA) is 73.3 Å². The molecule has 0 saturated heterocycles. The van der Waals surface area contributed by atoms with Crippen LogP contribution in [0.3, 0.4) is 0 Å². The molecule has 0 atom stereocenters. The molecule has 0 radical (unpaired) electrons. The summed E-state index contributed by atoms with van der Waals surface area (Å²) < 4.78 is 7.29. The molecule has 0 spiro atoms. The molecular weight excluding hydrogens is 218 g/mol. The molecular formula is C12H17N3O2. The number of aliphatic hydroxyl groups excluding tert-OH is 1. The van der Waals surface area contributed by atoms with Crippen LogP contribution in [0.4, 0.5) is 5.69 Å². The molecule has 0 amide bonds. The summed E-state index contributed by atoms with van der Waals surface area (Å²) in [6.45, 7) is 3.86. The third-order valence-corrected chi connectivity index (χ3v) is 2.66. The zero-order valence-corrected chi connectivity index (χ0v) is 9.89. The van der Waals surface area contributed by atoms with Crippen LogP contribution in [-0.4, -0.2) is 27.9 Å². The second kappa shape index (κ2) is 5.16. The number of nitrogens with two attached hydrogens (primary N) is 1. The molecule has 0 aliphatic heterocycles.